The van der Waals surface area contributed by atoms with Crippen LogP contribution in [0.15, 0.2) is 255 Å². The minimum absolute atomic E-state index is 0.888. The van der Waals surface area contributed by atoms with Gasteiger partial charge in [0.05, 0.1) is 22.7 Å². The van der Waals surface area contributed by atoms with Crippen LogP contribution in [0.1, 0.15) is 16.7 Å². The average molecular weight is 939 g/mol. The molecule has 0 aliphatic rings. The van der Waals surface area contributed by atoms with Gasteiger partial charge in [0.15, 0.2) is 0 Å². The lowest BCUT2D eigenvalue weighted by Gasteiger charge is -2.31. The van der Waals surface area contributed by atoms with Crippen molar-refractivity contribution >= 4 is 83.5 Å². The molecule has 3 N–H and O–H groups in total. The maximum Gasteiger partial charge on any atom is 0.0890 e. The summed E-state index contributed by atoms with van der Waals surface area (Å²) in [6.07, 6.45) is 0. The summed E-state index contributed by atoms with van der Waals surface area (Å²) in [6, 6.07) is 91.7. The van der Waals surface area contributed by atoms with E-state index in [4.69, 9.17) is 0 Å². The van der Waals surface area contributed by atoms with E-state index < -0.39 is 0 Å². The SMILES string of the molecule is Cc1cccc(Nc2ccc(N(c3ccccc3)c3ccccc3)c(Nc3cccc(C)c3-c3ccc4ccccc4c3)c2Nc2cccc(C)c2-c2ccc3ccccc3c2)c1-c1ccc2ccccc2c1. The molecule has 4 nitrogen and oxygen atoms in total. The normalized spacial score (nSPS) is 11.2. The third kappa shape index (κ3) is 8.81. The van der Waals surface area contributed by atoms with Crippen LogP contribution < -0.4 is 20.9 Å². The molecule has 0 saturated heterocycles. The van der Waals surface area contributed by atoms with E-state index in [1.807, 2.05) is 0 Å². The zero-order valence-corrected chi connectivity index (χ0v) is 41.2. The molecule has 0 saturated carbocycles. The van der Waals surface area contributed by atoms with Crippen molar-refractivity contribution in [1.29, 1.82) is 0 Å². The molecule has 0 spiro atoms. The van der Waals surface area contributed by atoms with E-state index in [0.717, 1.165) is 84.6 Å². The molecule has 0 fully saturated rings. The van der Waals surface area contributed by atoms with Gasteiger partial charge in [0.1, 0.15) is 0 Å². The Morgan fingerprint density at radius 1 is 0.260 bits per heavy atom. The molecule has 12 aromatic rings. The molecular weight excluding hydrogens is 885 g/mol. The Hall–Kier alpha value is -9.38. The molecule has 0 aliphatic heterocycles. The highest BCUT2D eigenvalue weighted by Gasteiger charge is 2.25. The number of nitrogens with one attached hydrogen (secondary N) is 3. The van der Waals surface area contributed by atoms with E-state index in [0.29, 0.717) is 0 Å². The molecule has 4 heteroatoms. The summed E-state index contributed by atoms with van der Waals surface area (Å²) >= 11 is 0. The summed E-state index contributed by atoms with van der Waals surface area (Å²) in [4.78, 5) is 2.36. The fourth-order valence-electron chi connectivity index (χ4n) is 10.6. The van der Waals surface area contributed by atoms with Gasteiger partial charge < -0.3 is 20.9 Å². The van der Waals surface area contributed by atoms with Crippen LogP contribution in [0, 0.1) is 20.8 Å². The quantitative estimate of drug-likeness (QED) is 0.114. The average Bonchev–Trinajstić information content (AvgIpc) is 3.43. The maximum atomic E-state index is 4.20. The second-order valence-electron chi connectivity index (χ2n) is 18.9. The number of aryl methyl sites for hydroxylation is 3. The first-order chi connectivity index (χ1) is 35.9. The maximum absolute atomic E-state index is 4.20. The highest BCUT2D eigenvalue weighted by molar-refractivity contribution is 6.05. The van der Waals surface area contributed by atoms with E-state index in [1.165, 1.54) is 49.0 Å². The molecule has 0 amide bonds. The van der Waals surface area contributed by atoms with Gasteiger partial charge in [-0.2, -0.15) is 0 Å². The van der Waals surface area contributed by atoms with Crippen molar-refractivity contribution in [2.24, 2.45) is 0 Å². The van der Waals surface area contributed by atoms with Gasteiger partial charge in [0, 0.05) is 45.1 Å². The Bertz CT molecular complexity index is 3950. The molecule has 350 valence electrons. The van der Waals surface area contributed by atoms with E-state index in [-0.39, 0.29) is 0 Å². The van der Waals surface area contributed by atoms with E-state index >= 15 is 0 Å². The summed E-state index contributed by atoms with van der Waals surface area (Å²) in [5, 5.41) is 19.7. The van der Waals surface area contributed by atoms with Crippen LogP contribution in [0.25, 0.3) is 65.7 Å². The molecule has 12 aromatic carbocycles. The molecule has 0 unspecified atom stereocenters. The molecule has 0 atom stereocenters. The Morgan fingerprint density at radius 3 is 1.03 bits per heavy atom. The Balaban J connectivity index is 1.13. The van der Waals surface area contributed by atoms with Crippen molar-refractivity contribution < 1.29 is 0 Å². The van der Waals surface area contributed by atoms with Crippen molar-refractivity contribution in [3.8, 4) is 33.4 Å². The lowest BCUT2D eigenvalue weighted by molar-refractivity contribution is 1.28. The molecule has 0 bridgehead atoms. The molecule has 12 rings (SSSR count). The van der Waals surface area contributed by atoms with Crippen LogP contribution in [0.2, 0.25) is 0 Å². The van der Waals surface area contributed by atoms with Gasteiger partial charge >= 0.3 is 0 Å². The van der Waals surface area contributed by atoms with Crippen molar-refractivity contribution in [1.82, 2.24) is 0 Å². The van der Waals surface area contributed by atoms with Gasteiger partial charge in [-0.25, -0.2) is 0 Å². The van der Waals surface area contributed by atoms with Gasteiger partial charge in [0.2, 0.25) is 0 Å². The fraction of sp³-hybridized carbons (Fsp3) is 0.0435. The highest BCUT2D eigenvalue weighted by Crippen LogP contribution is 2.51. The van der Waals surface area contributed by atoms with Crippen molar-refractivity contribution in [3.05, 3.63) is 271 Å². The lowest BCUT2D eigenvalue weighted by atomic mass is 9.95. The number of para-hydroxylation sites is 2. The van der Waals surface area contributed by atoms with Crippen LogP contribution in [-0.2, 0) is 0 Å². The second kappa shape index (κ2) is 19.4. The molecule has 73 heavy (non-hydrogen) atoms. The zero-order valence-electron chi connectivity index (χ0n) is 41.2. The third-order valence-electron chi connectivity index (χ3n) is 14.2. The summed E-state index contributed by atoms with van der Waals surface area (Å²) in [5.74, 6) is 0. The predicted molar refractivity (Wildman–Crippen MR) is 313 cm³/mol. The zero-order chi connectivity index (χ0) is 49.3. The fourth-order valence-corrected chi connectivity index (χ4v) is 10.6. The first-order valence-electron chi connectivity index (χ1n) is 25.1. The summed E-state index contributed by atoms with van der Waals surface area (Å²) < 4.78 is 0. The van der Waals surface area contributed by atoms with Gasteiger partial charge in [-0.3, -0.25) is 0 Å². The van der Waals surface area contributed by atoms with Crippen molar-refractivity contribution in [3.63, 3.8) is 0 Å². The monoisotopic (exact) mass is 938 g/mol. The number of hydrogen-bond acceptors (Lipinski definition) is 4. The van der Waals surface area contributed by atoms with Gasteiger partial charge in [-0.1, -0.05) is 182 Å². The lowest BCUT2D eigenvalue weighted by Crippen LogP contribution is -2.14. The summed E-state index contributed by atoms with van der Waals surface area (Å²) in [5.41, 5.74) is 19.1. The topological polar surface area (TPSA) is 39.3 Å². The Morgan fingerprint density at radius 2 is 0.616 bits per heavy atom. The first-order valence-corrected chi connectivity index (χ1v) is 25.1. The Labute approximate surface area is 427 Å². The number of benzene rings is 12. The van der Waals surface area contributed by atoms with Crippen molar-refractivity contribution in [2.45, 2.75) is 20.8 Å². The second-order valence-corrected chi connectivity index (χ2v) is 18.9. The van der Waals surface area contributed by atoms with E-state index in [9.17, 15) is 0 Å². The molecule has 0 aromatic heterocycles. The van der Waals surface area contributed by atoms with Crippen LogP contribution in [0.4, 0.5) is 51.2 Å². The number of fused-ring (bicyclic) bond motifs is 3. The minimum atomic E-state index is 0.888. The summed E-state index contributed by atoms with van der Waals surface area (Å²) in [6.45, 7) is 6.63. The largest absolute Gasteiger partial charge is 0.353 e. The molecule has 0 aliphatic carbocycles. The smallest absolute Gasteiger partial charge is 0.0890 e. The van der Waals surface area contributed by atoms with Crippen molar-refractivity contribution in [2.75, 3.05) is 20.9 Å². The highest BCUT2D eigenvalue weighted by atomic mass is 15.2. The van der Waals surface area contributed by atoms with E-state index in [2.05, 4.69) is 296 Å². The predicted octanol–water partition coefficient (Wildman–Crippen LogP) is 19.8. The van der Waals surface area contributed by atoms with Gasteiger partial charge in [0.25, 0.3) is 0 Å². The number of rotatable bonds is 12. The molecule has 0 radical (unpaired) electrons. The molecule has 0 heterocycles. The van der Waals surface area contributed by atoms with Gasteiger partial charge in [-0.15, -0.1) is 0 Å². The number of hydrogen-bond donors (Lipinski definition) is 3. The molecular formula is C69H54N4. The number of anilines is 9. The first kappa shape index (κ1) is 44.8. The minimum Gasteiger partial charge on any atom is -0.353 e. The van der Waals surface area contributed by atoms with Crippen LogP contribution >= 0.6 is 0 Å². The van der Waals surface area contributed by atoms with Crippen LogP contribution in [-0.4, -0.2) is 0 Å². The van der Waals surface area contributed by atoms with Crippen LogP contribution in [0.3, 0.4) is 0 Å². The van der Waals surface area contributed by atoms with Crippen LogP contribution in [0.5, 0.6) is 0 Å². The van der Waals surface area contributed by atoms with E-state index in [1.54, 1.807) is 0 Å². The van der Waals surface area contributed by atoms with Gasteiger partial charge in [-0.05, 0) is 159 Å². The summed E-state index contributed by atoms with van der Waals surface area (Å²) in [7, 11) is 0. The number of nitrogens with zero attached hydrogens (tertiary/aromatic N) is 1. The third-order valence-corrected chi connectivity index (χ3v) is 14.2. The Kier molecular flexibility index (Phi) is 11.9. The standard InChI is InChI=1S/C69H54N4/c1-46-19-16-32-60(65(46)55-38-35-49-22-10-13-25-52(49)43-55)70-63-41-42-64(73(58-28-6-4-7-29-58)59-30-8-5-9-31-59)69(72-62-34-18-21-48(3)67(62)57-40-37-51-24-12-15-27-54(51)45-57)68(63)71-61-33-17-20-47(2)66(61)56-39-36-50-23-11-14-26-53(50)44-56/h4-45,70-72H,1-3H3.